The van der Waals surface area contributed by atoms with Crippen molar-refractivity contribution in [2.24, 2.45) is 0 Å². The van der Waals surface area contributed by atoms with E-state index in [-0.39, 0.29) is 28.8 Å². The Balaban J connectivity index is 1.59. The van der Waals surface area contributed by atoms with Crippen LogP contribution in [0.2, 0.25) is 0 Å². The lowest BCUT2D eigenvalue weighted by molar-refractivity contribution is -0.139. The summed E-state index contributed by atoms with van der Waals surface area (Å²) in [6.07, 6.45) is -3.35. The van der Waals surface area contributed by atoms with Gasteiger partial charge in [0.05, 0.1) is 22.7 Å². The molecule has 4 rings (SSSR count). The molecule has 0 aliphatic heterocycles. The van der Waals surface area contributed by atoms with Gasteiger partial charge < -0.3 is 20.1 Å². The van der Waals surface area contributed by atoms with Gasteiger partial charge in [-0.1, -0.05) is 11.2 Å². The molecule has 0 saturated heterocycles. The fourth-order valence-electron chi connectivity index (χ4n) is 3.27. The molecule has 0 aliphatic rings. The minimum atomic E-state index is -4.46. The number of hydrogen-bond acceptors (Lipinski definition) is 7. The van der Waals surface area contributed by atoms with Crippen LogP contribution in [0.1, 0.15) is 5.89 Å². The standard InChI is InChI=1S/C20H18F3N5O3S/c1-32(29,30)13-7-5-12(6-8-13)25-10-18-26-19(27-31-18)17-9-14-15(24)3-2-4-16(14)28(17)11-20(21,22)23/h2-9,25H,10-11,24H2,1H3. The number of nitrogen functional groups attached to an aromatic ring is 1. The highest BCUT2D eigenvalue weighted by molar-refractivity contribution is 7.90. The van der Waals surface area contributed by atoms with E-state index < -0.39 is 22.6 Å². The second-order valence-electron chi connectivity index (χ2n) is 7.17. The minimum Gasteiger partial charge on any atom is -0.398 e. The van der Waals surface area contributed by atoms with E-state index in [2.05, 4.69) is 15.5 Å². The van der Waals surface area contributed by atoms with Crippen LogP contribution in [0, 0.1) is 0 Å². The van der Waals surface area contributed by atoms with Crippen molar-refractivity contribution in [1.82, 2.24) is 14.7 Å². The lowest BCUT2D eigenvalue weighted by atomic mass is 10.2. The highest BCUT2D eigenvalue weighted by Gasteiger charge is 2.31. The minimum absolute atomic E-state index is 0.00549. The van der Waals surface area contributed by atoms with Gasteiger partial charge in [-0.25, -0.2) is 8.42 Å². The summed E-state index contributed by atoms with van der Waals surface area (Å²) in [5.41, 5.74) is 7.32. The molecule has 2 aromatic carbocycles. The molecule has 2 aromatic heterocycles. The first kappa shape index (κ1) is 21.7. The molecule has 2 heterocycles. The Bertz CT molecular complexity index is 1380. The van der Waals surface area contributed by atoms with E-state index in [1.807, 2.05) is 0 Å². The summed E-state index contributed by atoms with van der Waals surface area (Å²) >= 11 is 0. The summed E-state index contributed by atoms with van der Waals surface area (Å²) in [4.78, 5) is 4.38. The molecule has 0 fully saturated rings. The van der Waals surface area contributed by atoms with Gasteiger partial charge >= 0.3 is 6.18 Å². The molecule has 32 heavy (non-hydrogen) atoms. The zero-order chi connectivity index (χ0) is 23.1. The Morgan fingerprint density at radius 1 is 1.16 bits per heavy atom. The van der Waals surface area contributed by atoms with Crippen LogP contribution < -0.4 is 11.1 Å². The van der Waals surface area contributed by atoms with Gasteiger partial charge in [0.15, 0.2) is 9.84 Å². The van der Waals surface area contributed by atoms with Crippen LogP contribution in [0.15, 0.2) is 57.9 Å². The van der Waals surface area contributed by atoms with Crippen molar-refractivity contribution < 1.29 is 26.1 Å². The normalized spacial score (nSPS) is 12.4. The van der Waals surface area contributed by atoms with Gasteiger partial charge in [-0.05, 0) is 42.5 Å². The van der Waals surface area contributed by atoms with Gasteiger partial charge in [-0.3, -0.25) is 0 Å². The number of anilines is 2. The first-order valence-electron chi connectivity index (χ1n) is 9.33. The van der Waals surface area contributed by atoms with Crippen molar-refractivity contribution in [1.29, 1.82) is 0 Å². The molecule has 0 unspecified atom stereocenters. The molecule has 8 nitrogen and oxygen atoms in total. The number of nitrogens with zero attached hydrogens (tertiary/aromatic N) is 3. The third-order valence-electron chi connectivity index (χ3n) is 4.74. The van der Waals surface area contributed by atoms with E-state index in [0.717, 1.165) is 10.8 Å². The number of rotatable bonds is 6. The molecule has 3 N–H and O–H groups in total. The highest BCUT2D eigenvalue weighted by atomic mass is 32.2. The number of fused-ring (bicyclic) bond motifs is 1. The fraction of sp³-hybridized carbons (Fsp3) is 0.200. The number of sulfone groups is 1. The van der Waals surface area contributed by atoms with E-state index >= 15 is 0 Å². The van der Waals surface area contributed by atoms with Crippen molar-refractivity contribution in [3.05, 3.63) is 54.4 Å². The van der Waals surface area contributed by atoms with Crippen molar-refractivity contribution in [3.8, 4) is 11.5 Å². The summed E-state index contributed by atoms with van der Waals surface area (Å²) in [6.45, 7) is -1.14. The van der Waals surface area contributed by atoms with E-state index in [9.17, 15) is 21.6 Å². The van der Waals surface area contributed by atoms with E-state index in [1.165, 1.54) is 18.2 Å². The Kier molecular flexibility index (Phi) is 5.33. The van der Waals surface area contributed by atoms with E-state index in [4.69, 9.17) is 10.3 Å². The second-order valence-corrected chi connectivity index (χ2v) is 9.19. The molecule has 0 atom stereocenters. The maximum Gasteiger partial charge on any atom is 0.406 e. The molecular weight excluding hydrogens is 447 g/mol. The molecule has 0 bridgehead atoms. The quantitative estimate of drug-likeness (QED) is 0.416. The van der Waals surface area contributed by atoms with Crippen molar-refractivity contribution >= 4 is 32.1 Å². The van der Waals surface area contributed by atoms with Crippen LogP contribution in [0.4, 0.5) is 24.5 Å². The molecule has 12 heteroatoms. The number of alkyl halides is 3. The maximum atomic E-state index is 13.2. The Morgan fingerprint density at radius 3 is 2.53 bits per heavy atom. The van der Waals surface area contributed by atoms with E-state index in [0.29, 0.717) is 22.3 Å². The smallest absolute Gasteiger partial charge is 0.398 e. The van der Waals surface area contributed by atoms with E-state index in [1.54, 1.807) is 30.3 Å². The van der Waals surface area contributed by atoms with Crippen molar-refractivity contribution in [3.63, 3.8) is 0 Å². The summed E-state index contributed by atoms with van der Waals surface area (Å²) < 4.78 is 68.9. The summed E-state index contributed by atoms with van der Waals surface area (Å²) in [7, 11) is -3.31. The monoisotopic (exact) mass is 465 g/mol. The first-order valence-corrected chi connectivity index (χ1v) is 11.2. The molecular formula is C20H18F3N5O3S. The number of benzene rings is 2. The van der Waals surface area contributed by atoms with Gasteiger partial charge in [0.25, 0.3) is 0 Å². The SMILES string of the molecule is CS(=O)(=O)c1ccc(NCc2nc(-c3cc4c(N)cccc4n3CC(F)(F)F)no2)cc1. The van der Waals surface area contributed by atoms with Crippen molar-refractivity contribution in [2.75, 3.05) is 17.3 Å². The largest absolute Gasteiger partial charge is 0.406 e. The predicted octanol–water partition coefficient (Wildman–Crippen LogP) is 3.85. The zero-order valence-electron chi connectivity index (χ0n) is 16.7. The molecule has 0 aliphatic carbocycles. The van der Waals surface area contributed by atoms with Gasteiger partial charge in [0, 0.05) is 23.0 Å². The molecule has 0 radical (unpaired) electrons. The average Bonchev–Trinajstić information content (AvgIpc) is 3.31. The maximum absolute atomic E-state index is 13.2. The summed E-state index contributed by atoms with van der Waals surface area (Å²) in [5.74, 6) is 0.137. The van der Waals surface area contributed by atoms with Crippen LogP contribution in [0.5, 0.6) is 0 Å². The molecule has 168 valence electrons. The van der Waals surface area contributed by atoms with Crippen LogP contribution >= 0.6 is 0 Å². The fourth-order valence-corrected chi connectivity index (χ4v) is 3.90. The Hall–Kier alpha value is -3.54. The molecule has 0 amide bonds. The average molecular weight is 465 g/mol. The van der Waals surface area contributed by atoms with Gasteiger partial charge in [-0.15, -0.1) is 0 Å². The van der Waals surface area contributed by atoms with Crippen LogP contribution in [0.25, 0.3) is 22.4 Å². The zero-order valence-corrected chi connectivity index (χ0v) is 17.5. The van der Waals surface area contributed by atoms with Gasteiger partial charge in [0.2, 0.25) is 11.7 Å². The number of halogens is 3. The lowest BCUT2D eigenvalue weighted by Gasteiger charge is -2.11. The lowest BCUT2D eigenvalue weighted by Crippen LogP contribution is -2.18. The number of hydrogen-bond donors (Lipinski definition) is 2. The Morgan fingerprint density at radius 2 is 1.88 bits per heavy atom. The second kappa shape index (κ2) is 7.86. The predicted molar refractivity (Wildman–Crippen MR) is 113 cm³/mol. The van der Waals surface area contributed by atoms with Crippen LogP contribution in [-0.4, -0.2) is 35.6 Å². The third kappa shape index (κ3) is 4.54. The number of nitrogens with one attached hydrogen (secondary N) is 1. The number of nitrogens with two attached hydrogens (primary N) is 1. The summed E-state index contributed by atoms with van der Waals surface area (Å²) in [6, 6.07) is 12.3. The van der Waals surface area contributed by atoms with Crippen LogP contribution in [0.3, 0.4) is 0 Å². The first-order chi connectivity index (χ1) is 15.0. The topological polar surface area (TPSA) is 116 Å². The number of aromatic nitrogens is 3. The summed E-state index contributed by atoms with van der Waals surface area (Å²) in [5, 5.41) is 7.28. The van der Waals surface area contributed by atoms with Crippen molar-refractivity contribution in [2.45, 2.75) is 24.2 Å². The molecule has 0 spiro atoms. The highest BCUT2D eigenvalue weighted by Crippen LogP contribution is 2.33. The molecule has 0 saturated carbocycles. The van der Waals surface area contributed by atoms with Crippen LogP contribution in [-0.2, 0) is 22.9 Å². The van der Waals surface area contributed by atoms with Gasteiger partial charge in [0.1, 0.15) is 6.54 Å². The third-order valence-corrected chi connectivity index (χ3v) is 5.87. The molecule has 4 aromatic rings. The Labute approximate surface area is 180 Å². The van der Waals surface area contributed by atoms with Gasteiger partial charge in [-0.2, -0.15) is 18.2 Å².